The number of rotatable bonds is 7. The van der Waals surface area contributed by atoms with Gasteiger partial charge in [-0.1, -0.05) is 17.7 Å². The smallest absolute Gasteiger partial charge is 0.262 e. The van der Waals surface area contributed by atoms with Crippen LogP contribution in [-0.4, -0.2) is 101 Å². The van der Waals surface area contributed by atoms with E-state index in [4.69, 9.17) is 11.6 Å². The number of imide groups is 2. The SMILES string of the molecule is CC1(C)C(=O)N(c2ccc(C#N)c(Cl)c2)c2ccc(-c3ccc(N4CC(CN5CCN(c6ccc7c(c6)C(=O)N(C6CCC(=O)NC6=O)C7=O)CC5)C4)nn3)cc21. The number of halogens is 1. The molecule has 6 heterocycles. The minimum absolute atomic E-state index is 0.0804. The first kappa shape index (κ1) is 36.5. The fourth-order valence-corrected chi connectivity index (χ4v) is 8.83. The highest BCUT2D eigenvalue weighted by Crippen LogP contribution is 2.47. The molecule has 288 valence electrons. The Hall–Kier alpha value is -6.17. The normalized spacial score (nSPS) is 20.7. The predicted molar refractivity (Wildman–Crippen MR) is 211 cm³/mol. The second-order valence-corrected chi connectivity index (χ2v) is 16.2. The van der Waals surface area contributed by atoms with E-state index in [1.165, 1.54) is 0 Å². The van der Waals surface area contributed by atoms with E-state index in [1.54, 1.807) is 35.2 Å². The number of amides is 5. The number of benzene rings is 3. The Morgan fingerprint density at radius 1 is 0.842 bits per heavy atom. The third-order valence-electron chi connectivity index (χ3n) is 11.9. The number of hydrogen-bond donors (Lipinski definition) is 1. The Morgan fingerprint density at radius 2 is 1.60 bits per heavy atom. The Kier molecular flexibility index (Phi) is 8.82. The number of carbonyl (C=O) groups is 5. The number of anilines is 4. The lowest BCUT2D eigenvalue weighted by molar-refractivity contribution is -0.136. The number of hydrogen-bond acceptors (Lipinski definition) is 11. The third kappa shape index (κ3) is 6.18. The summed E-state index contributed by atoms with van der Waals surface area (Å²) >= 11 is 6.32. The van der Waals surface area contributed by atoms with Crippen LogP contribution in [0.1, 0.15) is 58.5 Å². The molecule has 0 saturated carbocycles. The van der Waals surface area contributed by atoms with E-state index in [2.05, 4.69) is 36.3 Å². The van der Waals surface area contributed by atoms with E-state index in [1.807, 2.05) is 50.2 Å². The van der Waals surface area contributed by atoms with Gasteiger partial charge in [-0.05, 0) is 86.5 Å². The molecule has 1 N–H and O–H groups in total. The quantitative estimate of drug-likeness (QED) is 0.266. The third-order valence-corrected chi connectivity index (χ3v) is 12.2. The molecule has 14 nitrogen and oxygen atoms in total. The summed E-state index contributed by atoms with van der Waals surface area (Å²) in [5.41, 5.74) is 4.84. The average molecular weight is 784 g/mol. The lowest BCUT2D eigenvalue weighted by Gasteiger charge is -2.44. The first-order valence-corrected chi connectivity index (χ1v) is 19.4. The lowest BCUT2D eigenvalue weighted by Crippen LogP contribution is -2.55. The van der Waals surface area contributed by atoms with Crippen molar-refractivity contribution >= 4 is 64.0 Å². The molecule has 4 aromatic rings. The number of fused-ring (bicyclic) bond motifs is 2. The van der Waals surface area contributed by atoms with Crippen molar-refractivity contribution in [1.29, 1.82) is 5.26 Å². The largest absolute Gasteiger partial charge is 0.369 e. The second kappa shape index (κ2) is 13.8. The molecule has 5 amide bonds. The van der Waals surface area contributed by atoms with Crippen molar-refractivity contribution < 1.29 is 24.0 Å². The molecule has 3 fully saturated rings. The van der Waals surface area contributed by atoms with Crippen molar-refractivity contribution in [2.45, 2.75) is 38.1 Å². The second-order valence-electron chi connectivity index (χ2n) is 15.8. The van der Waals surface area contributed by atoms with E-state index in [0.29, 0.717) is 33.4 Å². The van der Waals surface area contributed by atoms with Crippen LogP contribution in [0.2, 0.25) is 5.02 Å². The van der Waals surface area contributed by atoms with Gasteiger partial charge in [0, 0.05) is 69.4 Å². The van der Waals surface area contributed by atoms with Crippen molar-refractivity contribution in [3.63, 3.8) is 0 Å². The van der Waals surface area contributed by atoms with Crippen molar-refractivity contribution in [3.8, 4) is 17.3 Å². The fraction of sp³-hybridized carbons (Fsp3) is 0.333. The molecule has 15 heteroatoms. The molecule has 3 saturated heterocycles. The number of carbonyl (C=O) groups excluding carboxylic acids is 5. The molecule has 9 rings (SSSR count). The van der Waals surface area contributed by atoms with Crippen molar-refractivity contribution in [1.82, 2.24) is 25.3 Å². The fourth-order valence-electron chi connectivity index (χ4n) is 8.61. The Labute approximate surface area is 333 Å². The predicted octanol–water partition coefficient (Wildman–Crippen LogP) is 4.28. The van der Waals surface area contributed by atoms with Crippen molar-refractivity contribution in [2.75, 3.05) is 60.5 Å². The maximum absolute atomic E-state index is 13.6. The summed E-state index contributed by atoms with van der Waals surface area (Å²) in [6.45, 7) is 9.80. The van der Waals surface area contributed by atoms with Crippen LogP contribution in [0.3, 0.4) is 0 Å². The van der Waals surface area contributed by atoms with Crippen LogP contribution in [0.5, 0.6) is 0 Å². The van der Waals surface area contributed by atoms with Gasteiger partial charge in [-0.25, -0.2) is 0 Å². The lowest BCUT2D eigenvalue weighted by atomic mass is 9.85. The molecule has 5 aliphatic rings. The van der Waals surface area contributed by atoms with Crippen LogP contribution < -0.4 is 20.0 Å². The summed E-state index contributed by atoms with van der Waals surface area (Å²) in [7, 11) is 0. The van der Waals surface area contributed by atoms with Crippen LogP contribution in [-0.2, 0) is 19.8 Å². The van der Waals surface area contributed by atoms with Crippen LogP contribution >= 0.6 is 11.6 Å². The number of nitriles is 1. The van der Waals surface area contributed by atoms with Crippen LogP contribution in [0.15, 0.2) is 66.7 Å². The van der Waals surface area contributed by atoms with Crippen molar-refractivity contribution in [3.05, 3.63) is 94.0 Å². The number of piperazine rings is 1. The molecule has 57 heavy (non-hydrogen) atoms. The average Bonchev–Trinajstić information content (AvgIpc) is 3.56. The highest BCUT2D eigenvalue weighted by Gasteiger charge is 2.46. The van der Waals surface area contributed by atoms with E-state index >= 15 is 0 Å². The Balaban J connectivity index is 0.787. The van der Waals surface area contributed by atoms with E-state index in [-0.39, 0.29) is 24.3 Å². The summed E-state index contributed by atoms with van der Waals surface area (Å²) in [6.07, 6.45) is 0.213. The van der Waals surface area contributed by atoms with E-state index in [0.717, 1.165) is 79.0 Å². The first-order chi connectivity index (χ1) is 27.4. The van der Waals surface area contributed by atoms with E-state index < -0.39 is 35.1 Å². The summed E-state index contributed by atoms with van der Waals surface area (Å²) in [4.78, 5) is 73.7. The zero-order valence-electron chi connectivity index (χ0n) is 31.4. The summed E-state index contributed by atoms with van der Waals surface area (Å²) in [6, 6.07) is 21.2. The Morgan fingerprint density at radius 3 is 2.30 bits per heavy atom. The molecular weight excluding hydrogens is 746 g/mol. The molecule has 0 spiro atoms. The molecule has 1 atom stereocenters. The molecule has 3 aromatic carbocycles. The minimum atomic E-state index is -0.982. The van der Waals surface area contributed by atoms with Gasteiger partial charge in [-0.15, -0.1) is 10.2 Å². The van der Waals surface area contributed by atoms with Gasteiger partial charge in [0.25, 0.3) is 11.8 Å². The standard InChI is InChI=1S/C42H38ClN9O5/c1-42(2)31-17-25(4-9-34(31)51(41(42)57)28-5-3-26(20-44)32(43)19-28)33-8-11-36(47-46-33)50-22-24(23-50)21-48-13-15-49(16-14-48)27-6-7-29-30(18-27)40(56)52(39(29)55)35-10-12-37(53)45-38(35)54/h3-9,11,17-19,24,35H,10,12-16,21-23H2,1-2H3,(H,45,53,54). The molecule has 5 aliphatic heterocycles. The first-order valence-electron chi connectivity index (χ1n) is 19.0. The van der Waals surface area contributed by atoms with Crippen LogP contribution in [0.4, 0.5) is 22.9 Å². The van der Waals surface area contributed by atoms with Crippen LogP contribution in [0, 0.1) is 17.2 Å². The van der Waals surface area contributed by atoms with Gasteiger partial charge in [0.05, 0.1) is 44.2 Å². The Bertz CT molecular complexity index is 2430. The van der Waals surface area contributed by atoms with Gasteiger partial charge in [0.1, 0.15) is 12.1 Å². The molecule has 1 aromatic heterocycles. The zero-order chi connectivity index (χ0) is 39.7. The summed E-state index contributed by atoms with van der Waals surface area (Å²) in [5.74, 6) is -0.779. The molecule has 0 radical (unpaired) electrons. The number of aromatic nitrogens is 2. The minimum Gasteiger partial charge on any atom is -0.369 e. The van der Waals surface area contributed by atoms with Gasteiger partial charge < -0.3 is 9.80 Å². The number of nitrogens with one attached hydrogen (secondary N) is 1. The highest BCUT2D eigenvalue weighted by atomic mass is 35.5. The van der Waals surface area contributed by atoms with Crippen LogP contribution in [0.25, 0.3) is 11.3 Å². The molecule has 0 aliphatic carbocycles. The summed E-state index contributed by atoms with van der Waals surface area (Å²) in [5, 5.41) is 21.0. The molecular formula is C42H38ClN9O5. The number of nitrogens with zero attached hydrogens (tertiary/aromatic N) is 8. The monoisotopic (exact) mass is 783 g/mol. The maximum Gasteiger partial charge on any atom is 0.262 e. The topological polar surface area (TPSA) is 163 Å². The van der Waals surface area contributed by atoms with Gasteiger partial charge in [-0.2, -0.15) is 5.26 Å². The number of piperidine rings is 1. The molecule has 1 unspecified atom stereocenters. The van der Waals surface area contributed by atoms with Gasteiger partial charge in [-0.3, -0.25) is 44.0 Å². The molecule has 0 bridgehead atoms. The maximum atomic E-state index is 13.6. The summed E-state index contributed by atoms with van der Waals surface area (Å²) < 4.78 is 0. The van der Waals surface area contributed by atoms with E-state index in [9.17, 15) is 29.2 Å². The highest BCUT2D eigenvalue weighted by molar-refractivity contribution is 6.32. The zero-order valence-corrected chi connectivity index (χ0v) is 32.1. The van der Waals surface area contributed by atoms with Crippen molar-refractivity contribution in [2.24, 2.45) is 5.92 Å². The van der Waals surface area contributed by atoms with Gasteiger partial charge >= 0.3 is 0 Å². The van der Waals surface area contributed by atoms with Gasteiger partial charge in [0.15, 0.2) is 5.82 Å². The van der Waals surface area contributed by atoms with Gasteiger partial charge in [0.2, 0.25) is 17.7 Å².